The van der Waals surface area contributed by atoms with Gasteiger partial charge in [0.1, 0.15) is 22.8 Å². The van der Waals surface area contributed by atoms with E-state index in [4.69, 9.17) is 10.6 Å². The molecule has 47 heavy (non-hydrogen) atoms. The third-order valence-corrected chi connectivity index (χ3v) is 9.34. The van der Waals surface area contributed by atoms with Crippen LogP contribution in [0.2, 0.25) is 0 Å². The van der Waals surface area contributed by atoms with Gasteiger partial charge in [-0.2, -0.15) is 5.10 Å². The van der Waals surface area contributed by atoms with Crippen molar-refractivity contribution < 1.29 is 39.3 Å². The first-order valence-electron chi connectivity index (χ1n) is 12.8. The zero-order valence-electron chi connectivity index (χ0n) is 23.8. The van der Waals surface area contributed by atoms with E-state index in [-0.39, 0.29) is 57.6 Å². The fraction of sp³-hybridized carbons (Fsp3) is 0.250. The molecule has 3 aromatic rings. The number of thioether (sulfide) groups is 2. The lowest BCUT2D eigenvalue weighted by Crippen LogP contribution is -2.71. The van der Waals surface area contributed by atoms with Gasteiger partial charge >= 0.3 is 5.97 Å². The minimum Gasteiger partial charge on any atom is -0.504 e. The maximum Gasteiger partial charge on any atom is 0.352 e. The number of carboxylic acid groups (broad SMARTS) is 1. The van der Waals surface area contributed by atoms with Crippen molar-refractivity contribution in [3.8, 4) is 11.5 Å². The highest BCUT2D eigenvalue weighted by Crippen LogP contribution is 2.41. The summed E-state index contributed by atoms with van der Waals surface area (Å²) < 4.78 is 1.44. The van der Waals surface area contributed by atoms with E-state index >= 15 is 0 Å². The van der Waals surface area contributed by atoms with Gasteiger partial charge < -0.3 is 31.2 Å². The van der Waals surface area contributed by atoms with Crippen LogP contribution >= 0.6 is 47.3 Å². The highest BCUT2D eigenvalue weighted by Gasteiger charge is 2.54. The number of aryl methyl sites for hydroxylation is 1. The number of tetrazole rings is 1. The minimum atomic E-state index is -1.28. The smallest absolute Gasteiger partial charge is 0.352 e. The molecule has 3 amide bonds. The molecule has 5 rings (SSSR count). The lowest BCUT2D eigenvalue weighted by Gasteiger charge is -2.49. The van der Waals surface area contributed by atoms with Gasteiger partial charge in [-0.15, -0.1) is 40.6 Å². The molecule has 7 N–H and O–H groups in total. The molecule has 0 saturated carbocycles. The molecule has 23 heteroatoms. The van der Waals surface area contributed by atoms with E-state index in [9.17, 15) is 34.5 Å². The molecule has 0 bridgehead atoms. The van der Waals surface area contributed by atoms with Crippen LogP contribution in [0.1, 0.15) is 11.3 Å². The summed E-state index contributed by atoms with van der Waals surface area (Å²) in [6, 6.07) is 2.84. The number of halogens is 1. The number of amides is 3. The lowest BCUT2D eigenvalue weighted by molar-refractivity contribution is -0.150. The number of aliphatic carboxylic acids is 1. The number of anilines is 1. The van der Waals surface area contributed by atoms with Crippen molar-refractivity contribution in [1.82, 2.24) is 40.8 Å². The number of benzene rings is 1. The van der Waals surface area contributed by atoms with Crippen molar-refractivity contribution in [2.75, 3.05) is 23.8 Å². The van der Waals surface area contributed by atoms with Crippen LogP contribution in [0.25, 0.3) is 0 Å². The number of hydrazone groups is 1. The number of oxime groups is 1. The summed E-state index contributed by atoms with van der Waals surface area (Å²) in [5.74, 6) is -3.71. The third-order valence-electron chi connectivity index (χ3n) is 6.23. The zero-order chi connectivity index (χ0) is 33.0. The van der Waals surface area contributed by atoms with E-state index in [0.29, 0.717) is 16.3 Å². The van der Waals surface area contributed by atoms with Crippen LogP contribution in [0.4, 0.5) is 5.13 Å². The highest BCUT2D eigenvalue weighted by atomic mass is 35.5. The van der Waals surface area contributed by atoms with Crippen molar-refractivity contribution in [2.45, 2.75) is 16.6 Å². The second kappa shape index (κ2) is 15.1. The normalized spacial score (nSPS) is 17.5. The van der Waals surface area contributed by atoms with Crippen molar-refractivity contribution in [1.29, 1.82) is 0 Å². The molecule has 1 saturated heterocycles. The van der Waals surface area contributed by atoms with Crippen LogP contribution in [-0.4, -0.2) is 111 Å². The Balaban J connectivity index is 0.00000500. The van der Waals surface area contributed by atoms with E-state index in [1.165, 1.54) is 58.0 Å². The largest absolute Gasteiger partial charge is 0.504 e. The summed E-state index contributed by atoms with van der Waals surface area (Å²) in [6.07, 6.45) is 1.21. The first-order valence-corrected chi connectivity index (χ1v) is 15.8. The molecule has 0 aliphatic carbocycles. The van der Waals surface area contributed by atoms with Gasteiger partial charge in [0.25, 0.3) is 17.7 Å². The standard InChI is InChI=1S/C24H23N11O8S3.ClH/c1-34-24(30-32-33-34)46-8-11-7-44-21-17(20(40)35(21)18(11)22(41)42)28-19(39)16(12-9-45-23(25)27-12)31-43-6-15(38)29-26-5-10-2-3-13(36)14(37)4-10;/h2-5,9,17,21,36-37H,6-8H2,1H3,(H2,25,27)(H,28,39)(H,29,38)(H,41,42);1H/t17?,21-;/m0./s1. The Morgan fingerprint density at radius 2 is 2.06 bits per heavy atom. The Morgan fingerprint density at radius 3 is 2.72 bits per heavy atom. The number of carboxylic acids is 1. The maximum atomic E-state index is 13.3. The molecule has 0 spiro atoms. The molecule has 2 aliphatic rings. The number of phenols is 2. The number of β-lactam (4-membered cyclic amide) rings is 1. The van der Waals surface area contributed by atoms with E-state index in [1.54, 1.807) is 7.05 Å². The summed E-state index contributed by atoms with van der Waals surface area (Å²) in [5.41, 5.74) is 8.25. The number of rotatable bonds is 12. The predicted octanol–water partition coefficient (Wildman–Crippen LogP) is -0.516. The summed E-state index contributed by atoms with van der Waals surface area (Å²) in [6.45, 7) is -0.666. The maximum absolute atomic E-state index is 13.3. The van der Waals surface area contributed by atoms with Gasteiger partial charge in [-0.25, -0.2) is 19.9 Å². The van der Waals surface area contributed by atoms with Crippen molar-refractivity contribution in [3.63, 3.8) is 0 Å². The van der Waals surface area contributed by atoms with E-state index < -0.39 is 41.7 Å². The van der Waals surface area contributed by atoms with Gasteiger partial charge in [0.2, 0.25) is 5.16 Å². The van der Waals surface area contributed by atoms with E-state index in [0.717, 1.165) is 16.2 Å². The number of aromatic nitrogens is 5. The van der Waals surface area contributed by atoms with E-state index in [1.807, 2.05) is 0 Å². The summed E-state index contributed by atoms with van der Waals surface area (Å²) in [4.78, 5) is 61.0. The molecule has 2 aliphatic heterocycles. The van der Waals surface area contributed by atoms with Gasteiger partial charge in [-0.3, -0.25) is 19.3 Å². The quantitative estimate of drug-likeness (QED) is 0.0451. The van der Waals surface area contributed by atoms with Crippen molar-refractivity contribution >= 4 is 88.0 Å². The van der Waals surface area contributed by atoms with Gasteiger partial charge in [-0.1, -0.05) is 16.9 Å². The summed E-state index contributed by atoms with van der Waals surface area (Å²) in [5, 5.41) is 51.3. The molecule has 2 atom stereocenters. The van der Waals surface area contributed by atoms with Crippen LogP contribution in [0, 0.1) is 0 Å². The average molecular weight is 726 g/mol. The fourth-order valence-corrected chi connectivity index (χ4v) is 6.97. The Labute approximate surface area is 282 Å². The number of carbonyl (C=O) groups is 4. The van der Waals surface area contributed by atoms with E-state index in [2.05, 4.69) is 41.5 Å². The van der Waals surface area contributed by atoms with Crippen LogP contribution in [0.15, 0.2) is 50.3 Å². The average Bonchev–Trinajstić information content (AvgIpc) is 3.65. The molecule has 1 aromatic carbocycles. The molecular weight excluding hydrogens is 702 g/mol. The molecule has 1 unspecified atom stereocenters. The number of nitrogens with two attached hydrogens (primary N) is 1. The number of thiazole rings is 1. The highest BCUT2D eigenvalue weighted by molar-refractivity contribution is 8.01. The Bertz CT molecular complexity index is 1800. The van der Waals surface area contributed by atoms with Gasteiger partial charge in [-0.05, 0) is 39.8 Å². The molecule has 4 heterocycles. The number of nitrogens with zero attached hydrogens (tertiary/aromatic N) is 8. The fourth-order valence-electron chi connectivity index (χ4n) is 4.09. The topological polar surface area (TPSA) is 273 Å². The number of fused-ring (bicyclic) bond motifs is 1. The Kier molecular flexibility index (Phi) is 11.2. The summed E-state index contributed by atoms with van der Waals surface area (Å²) >= 11 is 3.52. The second-order valence-electron chi connectivity index (χ2n) is 9.32. The monoisotopic (exact) mass is 725 g/mol. The number of carbonyl (C=O) groups excluding carboxylic acids is 3. The Morgan fingerprint density at radius 1 is 1.28 bits per heavy atom. The van der Waals surface area contributed by atoms with Crippen molar-refractivity contribution in [3.05, 3.63) is 46.1 Å². The van der Waals surface area contributed by atoms with Crippen LogP contribution in [-0.2, 0) is 31.1 Å². The van der Waals surface area contributed by atoms with Gasteiger partial charge in [0.05, 0.1) is 6.21 Å². The first kappa shape index (κ1) is 34.9. The third kappa shape index (κ3) is 7.90. The Hall–Kier alpha value is -4.93. The molecule has 1 fully saturated rings. The zero-order valence-corrected chi connectivity index (χ0v) is 27.1. The van der Waals surface area contributed by atoms with Gasteiger partial charge in [0.15, 0.2) is 28.9 Å². The SMILES string of the molecule is Cl.Cn1nnnc1SCC1=C(C(=O)O)N2C(=O)C(NC(=O)C(=NOCC(=O)NN=Cc3ccc(O)c(O)c3)c3csc(N)n3)[C@@H]2SC1. The first-order chi connectivity index (χ1) is 22.0. The number of hydrogen-bond donors (Lipinski definition) is 6. The molecule has 2 aromatic heterocycles. The van der Waals surface area contributed by atoms with Crippen LogP contribution in [0.3, 0.4) is 0 Å². The molecule has 248 valence electrons. The number of aromatic hydroxyl groups is 2. The minimum absolute atomic E-state index is 0. The number of nitrogen functional groups attached to an aromatic ring is 1. The van der Waals surface area contributed by atoms with Gasteiger partial charge in [0, 0.05) is 23.9 Å². The summed E-state index contributed by atoms with van der Waals surface area (Å²) in [7, 11) is 1.65. The van der Waals surface area contributed by atoms with Crippen LogP contribution in [0.5, 0.6) is 11.5 Å². The van der Waals surface area contributed by atoms with Crippen molar-refractivity contribution in [2.24, 2.45) is 17.3 Å². The second-order valence-corrected chi connectivity index (χ2v) is 12.3. The molecule has 19 nitrogen and oxygen atoms in total. The molecule has 0 radical (unpaired) electrons. The number of nitrogens with one attached hydrogen (secondary N) is 2. The lowest BCUT2D eigenvalue weighted by atomic mass is 10.0. The molecular formula is C24H24ClN11O8S3. The van der Waals surface area contributed by atoms with Crippen LogP contribution < -0.4 is 16.5 Å². The predicted molar refractivity (Wildman–Crippen MR) is 171 cm³/mol. The number of hydrogen-bond acceptors (Lipinski definition) is 17. The number of phenolic OH excluding ortho intramolecular Hbond substituents is 2.